The van der Waals surface area contributed by atoms with Crippen LogP contribution < -0.4 is 0 Å². The molecule has 1 heterocycles. The Morgan fingerprint density at radius 1 is 1.40 bits per heavy atom. The van der Waals surface area contributed by atoms with Gasteiger partial charge in [-0.25, -0.2) is 0 Å². The molecule has 0 aromatic heterocycles. The highest BCUT2D eigenvalue weighted by atomic mass is 16.5. The molecule has 0 aromatic rings. The largest absolute Gasteiger partial charge is 0.480 e. The van der Waals surface area contributed by atoms with Crippen molar-refractivity contribution in [2.24, 2.45) is 0 Å². The zero-order valence-corrected chi connectivity index (χ0v) is 9.10. The summed E-state index contributed by atoms with van der Waals surface area (Å²) in [6, 6.07) is -0.942. The fourth-order valence-electron chi connectivity index (χ4n) is 2.15. The number of aliphatic carboxylic acids is 1. The van der Waals surface area contributed by atoms with E-state index >= 15 is 0 Å². The Hall–Kier alpha value is -1.10. The van der Waals surface area contributed by atoms with Crippen molar-refractivity contribution in [3.63, 3.8) is 0 Å². The standard InChI is InChI=1S/C10H17NO4/c1-3-11-7(9(12)13)5-4-6-8(11)10(14)15-2/h7-8H,3-6H2,1-2H3,(H,12,13)/t7-,8+/m0/s1. The molecule has 0 radical (unpaired) electrons. The monoisotopic (exact) mass is 215 g/mol. The maximum Gasteiger partial charge on any atom is 0.323 e. The minimum atomic E-state index is -0.856. The van der Waals surface area contributed by atoms with E-state index < -0.39 is 18.1 Å². The molecule has 2 atom stereocenters. The van der Waals surface area contributed by atoms with Crippen LogP contribution in [0.3, 0.4) is 0 Å². The minimum Gasteiger partial charge on any atom is -0.480 e. The summed E-state index contributed by atoms with van der Waals surface area (Å²) in [6.45, 7) is 2.41. The first-order chi connectivity index (χ1) is 7.11. The van der Waals surface area contributed by atoms with Crippen LogP contribution in [0.2, 0.25) is 0 Å². The smallest absolute Gasteiger partial charge is 0.323 e. The maximum absolute atomic E-state index is 11.4. The zero-order valence-electron chi connectivity index (χ0n) is 9.10. The number of carbonyl (C=O) groups is 2. The summed E-state index contributed by atoms with van der Waals surface area (Å²) < 4.78 is 4.68. The highest BCUT2D eigenvalue weighted by Crippen LogP contribution is 2.23. The van der Waals surface area contributed by atoms with Crippen LogP contribution in [0.25, 0.3) is 0 Å². The number of nitrogens with zero attached hydrogens (tertiary/aromatic N) is 1. The highest BCUT2D eigenvalue weighted by Gasteiger charge is 2.37. The van der Waals surface area contributed by atoms with Gasteiger partial charge >= 0.3 is 11.9 Å². The van der Waals surface area contributed by atoms with Gasteiger partial charge in [0.25, 0.3) is 0 Å². The van der Waals surface area contributed by atoms with Crippen molar-refractivity contribution in [1.29, 1.82) is 0 Å². The van der Waals surface area contributed by atoms with Gasteiger partial charge < -0.3 is 9.84 Å². The number of esters is 1. The Balaban J connectivity index is 2.79. The second-order valence-corrected chi connectivity index (χ2v) is 3.65. The van der Waals surface area contributed by atoms with Gasteiger partial charge in [0, 0.05) is 0 Å². The van der Waals surface area contributed by atoms with Gasteiger partial charge in [0.1, 0.15) is 12.1 Å². The van der Waals surface area contributed by atoms with E-state index in [1.807, 2.05) is 6.92 Å². The third-order valence-corrected chi connectivity index (χ3v) is 2.88. The molecule has 1 fully saturated rings. The third kappa shape index (κ3) is 2.47. The van der Waals surface area contributed by atoms with Crippen molar-refractivity contribution in [1.82, 2.24) is 4.90 Å². The molecule has 1 aliphatic heterocycles. The summed E-state index contributed by atoms with van der Waals surface area (Å²) >= 11 is 0. The van der Waals surface area contributed by atoms with Crippen molar-refractivity contribution in [3.05, 3.63) is 0 Å². The number of carboxylic acid groups (broad SMARTS) is 1. The molecule has 0 saturated carbocycles. The van der Waals surface area contributed by atoms with E-state index in [0.29, 0.717) is 19.4 Å². The molecule has 5 heteroatoms. The number of hydrogen-bond donors (Lipinski definition) is 1. The average Bonchev–Trinajstić information content (AvgIpc) is 2.26. The Morgan fingerprint density at radius 3 is 2.47 bits per heavy atom. The van der Waals surface area contributed by atoms with E-state index in [4.69, 9.17) is 5.11 Å². The first-order valence-electron chi connectivity index (χ1n) is 5.18. The summed E-state index contributed by atoms with van der Waals surface area (Å²) in [6.07, 6.45) is 2.05. The minimum absolute atomic E-state index is 0.331. The number of methoxy groups -OCH3 is 1. The van der Waals surface area contributed by atoms with Crippen molar-refractivity contribution in [2.45, 2.75) is 38.3 Å². The van der Waals surface area contributed by atoms with Gasteiger partial charge in [-0.3, -0.25) is 14.5 Å². The molecule has 5 nitrogen and oxygen atoms in total. The van der Waals surface area contributed by atoms with Crippen LogP contribution in [0.4, 0.5) is 0 Å². The van der Waals surface area contributed by atoms with E-state index in [1.165, 1.54) is 7.11 Å². The first kappa shape index (κ1) is 12.0. The zero-order chi connectivity index (χ0) is 11.4. The second-order valence-electron chi connectivity index (χ2n) is 3.65. The quantitative estimate of drug-likeness (QED) is 0.694. The molecule has 15 heavy (non-hydrogen) atoms. The summed E-state index contributed by atoms with van der Waals surface area (Å²) in [5, 5.41) is 9.02. The molecule has 86 valence electrons. The fourth-order valence-corrected chi connectivity index (χ4v) is 2.15. The molecule has 1 aliphatic rings. The van der Waals surface area contributed by atoms with E-state index in [9.17, 15) is 9.59 Å². The lowest BCUT2D eigenvalue weighted by molar-refractivity contribution is -0.155. The molecule has 1 saturated heterocycles. The number of hydrogen-bond acceptors (Lipinski definition) is 4. The topological polar surface area (TPSA) is 66.8 Å². The van der Waals surface area contributed by atoms with Crippen LogP contribution in [0, 0.1) is 0 Å². The van der Waals surface area contributed by atoms with Gasteiger partial charge in [-0.2, -0.15) is 0 Å². The van der Waals surface area contributed by atoms with Gasteiger partial charge in [0.05, 0.1) is 7.11 Å². The van der Waals surface area contributed by atoms with Gasteiger partial charge in [-0.1, -0.05) is 6.92 Å². The number of carbonyl (C=O) groups excluding carboxylic acids is 1. The summed E-state index contributed by atoms with van der Waals surface area (Å²) in [7, 11) is 1.33. The summed E-state index contributed by atoms with van der Waals surface area (Å²) in [4.78, 5) is 24.1. The molecule has 0 unspecified atom stereocenters. The van der Waals surface area contributed by atoms with E-state index in [2.05, 4.69) is 4.74 Å². The Morgan fingerprint density at radius 2 is 2.00 bits per heavy atom. The lowest BCUT2D eigenvalue weighted by atomic mass is 9.95. The Kier molecular flexibility index (Phi) is 4.08. The van der Waals surface area contributed by atoms with Crippen LogP contribution >= 0.6 is 0 Å². The molecular weight excluding hydrogens is 198 g/mol. The van der Waals surface area contributed by atoms with Crippen molar-refractivity contribution in [2.75, 3.05) is 13.7 Å². The predicted molar refractivity (Wildman–Crippen MR) is 53.5 cm³/mol. The van der Waals surface area contributed by atoms with Crippen LogP contribution in [0.15, 0.2) is 0 Å². The summed E-state index contributed by atoms with van der Waals surface area (Å²) in [5.74, 6) is -1.19. The van der Waals surface area contributed by atoms with Gasteiger partial charge in [0.15, 0.2) is 0 Å². The van der Waals surface area contributed by atoms with Crippen molar-refractivity contribution >= 4 is 11.9 Å². The number of piperidine rings is 1. The van der Waals surface area contributed by atoms with E-state index in [1.54, 1.807) is 4.90 Å². The molecule has 0 amide bonds. The summed E-state index contributed by atoms with van der Waals surface area (Å²) in [5.41, 5.74) is 0. The highest BCUT2D eigenvalue weighted by molar-refractivity contribution is 5.79. The van der Waals surface area contributed by atoms with Crippen LogP contribution in [-0.4, -0.2) is 47.7 Å². The molecule has 0 spiro atoms. The van der Waals surface area contributed by atoms with Crippen LogP contribution in [0.5, 0.6) is 0 Å². The van der Waals surface area contributed by atoms with E-state index in [0.717, 1.165) is 6.42 Å². The molecule has 0 aliphatic carbocycles. The number of likely N-dealkylation sites (N-methyl/N-ethyl adjacent to an activating group) is 1. The van der Waals surface area contributed by atoms with Gasteiger partial charge in [-0.15, -0.1) is 0 Å². The molecule has 1 N–H and O–H groups in total. The first-order valence-corrected chi connectivity index (χ1v) is 5.18. The predicted octanol–water partition coefficient (Wildman–Crippen LogP) is 0.487. The maximum atomic E-state index is 11.4. The number of carboxylic acids is 1. The normalized spacial score (nSPS) is 27.3. The van der Waals surface area contributed by atoms with Gasteiger partial charge in [0.2, 0.25) is 0 Å². The average molecular weight is 215 g/mol. The van der Waals surface area contributed by atoms with Crippen LogP contribution in [-0.2, 0) is 14.3 Å². The molecule has 1 rings (SSSR count). The Labute approximate surface area is 89.0 Å². The number of likely N-dealkylation sites (tertiary alicyclic amines) is 1. The Bertz CT molecular complexity index is 254. The molecule has 0 aromatic carbocycles. The van der Waals surface area contributed by atoms with Crippen molar-refractivity contribution < 1.29 is 19.4 Å². The fraction of sp³-hybridized carbons (Fsp3) is 0.800. The molecular formula is C10H17NO4. The van der Waals surface area contributed by atoms with Crippen molar-refractivity contribution in [3.8, 4) is 0 Å². The lowest BCUT2D eigenvalue weighted by Crippen LogP contribution is -2.53. The number of rotatable bonds is 3. The van der Waals surface area contributed by atoms with Gasteiger partial charge in [-0.05, 0) is 25.8 Å². The van der Waals surface area contributed by atoms with Crippen LogP contribution in [0.1, 0.15) is 26.2 Å². The van der Waals surface area contributed by atoms with E-state index in [-0.39, 0.29) is 5.97 Å². The molecule has 0 bridgehead atoms. The lowest BCUT2D eigenvalue weighted by Gasteiger charge is -2.37. The number of ether oxygens (including phenoxy) is 1. The second kappa shape index (κ2) is 5.11. The SMILES string of the molecule is CCN1[C@@H](C(=O)OC)CCC[C@H]1C(=O)O. The third-order valence-electron chi connectivity index (χ3n) is 2.88.